The Hall–Kier alpha value is -4.37. The molecule has 3 N–H and O–H groups in total. The Morgan fingerprint density at radius 2 is 1.71 bits per heavy atom. The molecule has 0 bridgehead atoms. The van der Waals surface area contributed by atoms with Gasteiger partial charge < -0.3 is 67.3 Å². The van der Waals surface area contributed by atoms with Gasteiger partial charge >= 0.3 is 12.1 Å². The molecule has 3 aliphatic rings. The number of amides is 1. The minimum atomic E-state index is -2.66. The largest absolute Gasteiger partial charge is 0.497 e. The number of carbonyl (C=O) groups excluding carboxylic acids is 1. The van der Waals surface area contributed by atoms with Gasteiger partial charge in [-0.25, -0.2) is 4.79 Å². The first-order chi connectivity index (χ1) is 32.9. The summed E-state index contributed by atoms with van der Waals surface area (Å²) >= 11 is 7.11. The number of hydrogen-bond acceptors (Lipinski definition) is 14. The van der Waals surface area contributed by atoms with Crippen molar-refractivity contribution in [2.75, 3.05) is 48.1 Å². The van der Waals surface area contributed by atoms with Gasteiger partial charge in [0.2, 0.25) is 0 Å². The van der Waals surface area contributed by atoms with E-state index in [-0.39, 0.29) is 55.3 Å². The molecule has 2 aliphatic carbocycles. The van der Waals surface area contributed by atoms with Crippen LogP contribution in [0.3, 0.4) is 0 Å². The third kappa shape index (κ3) is 13.9. The average molecular weight is 1000 g/mol. The van der Waals surface area contributed by atoms with Crippen molar-refractivity contribution >= 4 is 32.0 Å². The standard InChI is InChI=1S/C51H70ClNO15Si/c1-11-43(65-46-40(52)25-36(26-42(46)63-34-59-9)41(28-45(55)56)53-47(57)66-48(5,6)7)51(68-69(12-2,13-3)14-4)29-39(62-33-58-8)27-37(51)21-24-49(32-64-50(67-49)22-15-16-23-50)44(30-54)61-31-35-17-19-38(60-10)20-18-35/h1,17-20,25-27,39,41,43-44,54H,12-16,22-23,28-34H2,2-10H3,(H,53,57)(H,55,56)/t39-,41+,43-,44+,49+,51-/m1/s1. The number of nitrogens with one attached hydrogen (secondary N) is 1. The molecule has 2 aromatic carbocycles. The zero-order valence-electron chi connectivity index (χ0n) is 41.4. The van der Waals surface area contributed by atoms with Gasteiger partial charge in [0.05, 0.1) is 50.5 Å². The van der Waals surface area contributed by atoms with Crippen molar-refractivity contribution in [2.24, 2.45) is 0 Å². The first-order valence-corrected chi connectivity index (χ1v) is 26.4. The summed E-state index contributed by atoms with van der Waals surface area (Å²) in [5.74, 6) is 8.37. The second kappa shape index (κ2) is 24.6. The van der Waals surface area contributed by atoms with Crippen LogP contribution in [0.25, 0.3) is 0 Å². The van der Waals surface area contributed by atoms with E-state index in [1.165, 1.54) is 26.4 Å². The summed E-state index contributed by atoms with van der Waals surface area (Å²) in [6, 6.07) is 11.5. The molecule has 5 rings (SSSR count). The van der Waals surface area contributed by atoms with Gasteiger partial charge in [-0.1, -0.05) is 62.3 Å². The average Bonchev–Trinajstić information content (AvgIpc) is 4.04. The van der Waals surface area contributed by atoms with Crippen LogP contribution >= 0.6 is 11.6 Å². The second-order valence-corrected chi connectivity index (χ2v) is 23.6. The van der Waals surface area contributed by atoms with Crippen molar-refractivity contribution in [3.8, 4) is 41.4 Å². The fourth-order valence-corrected chi connectivity index (χ4v) is 12.1. The number of aliphatic hydroxyl groups is 1. The van der Waals surface area contributed by atoms with E-state index in [2.05, 4.69) is 43.8 Å². The molecule has 0 aromatic heterocycles. The van der Waals surface area contributed by atoms with E-state index in [9.17, 15) is 19.8 Å². The molecule has 2 fully saturated rings. The number of carboxylic acid groups (broad SMARTS) is 1. The van der Waals surface area contributed by atoms with E-state index in [1.54, 1.807) is 27.9 Å². The summed E-state index contributed by atoms with van der Waals surface area (Å²) in [5, 5.41) is 23.6. The lowest BCUT2D eigenvalue weighted by Gasteiger charge is -2.44. The highest BCUT2D eigenvalue weighted by molar-refractivity contribution is 6.73. The van der Waals surface area contributed by atoms with E-state index in [0.717, 1.165) is 36.5 Å². The Labute approximate surface area is 413 Å². The predicted octanol–water partition coefficient (Wildman–Crippen LogP) is 8.47. The molecule has 0 radical (unpaired) electrons. The van der Waals surface area contributed by atoms with E-state index in [1.807, 2.05) is 30.3 Å². The van der Waals surface area contributed by atoms with Crippen molar-refractivity contribution in [3.63, 3.8) is 0 Å². The Balaban J connectivity index is 1.66. The molecule has 6 atom stereocenters. The number of carboxylic acids is 1. The van der Waals surface area contributed by atoms with Crippen LogP contribution < -0.4 is 19.5 Å². The fraction of sp³-hybridized carbons (Fsp3) is 0.608. The molecule has 18 heteroatoms. The Morgan fingerprint density at radius 1 is 1.03 bits per heavy atom. The minimum Gasteiger partial charge on any atom is -0.497 e. The Bertz CT molecular complexity index is 2160. The molecule has 2 aromatic rings. The third-order valence-corrected chi connectivity index (χ3v) is 17.6. The first kappa shape index (κ1) is 55.6. The number of alkyl carbamates (subject to hydrolysis) is 1. The van der Waals surface area contributed by atoms with Crippen molar-refractivity contribution in [1.82, 2.24) is 5.32 Å². The summed E-state index contributed by atoms with van der Waals surface area (Å²) < 4.78 is 68.0. The molecule has 1 heterocycles. The number of halogens is 1. The molecule has 0 unspecified atom stereocenters. The van der Waals surface area contributed by atoms with Gasteiger partial charge in [0.15, 0.2) is 44.1 Å². The van der Waals surface area contributed by atoms with Gasteiger partial charge in [0.1, 0.15) is 29.8 Å². The van der Waals surface area contributed by atoms with Crippen LogP contribution in [0.15, 0.2) is 48.0 Å². The van der Waals surface area contributed by atoms with Crippen LogP contribution in [0.5, 0.6) is 17.2 Å². The van der Waals surface area contributed by atoms with Crippen molar-refractivity contribution in [2.45, 2.75) is 152 Å². The number of methoxy groups -OCH3 is 3. The van der Waals surface area contributed by atoms with Crippen LogP contribution in [-0.2, 0) is 49.0 Å². The highest BCUT2D eigenvalue weighted by atomic mass is 35.5. The highest BCUT2D eigenvalue weighted by Gasteiger charge is 2.57. The summed E-state index contributed by atoms with van der Waals surface area (Å²) in [5.41, 5.74) is -2.21. The zero-order valence-corrected chi connectivity index (χ0v) is 43.2. The summed E-state index contributed by atoms with van der Waals surface area (Å²) in [6.07, 6.45) is 7.50. The second-order valence-electron chi connectivity index (χ2n) is 18.5. The van der Waals surface area contributed by atoms with Crippen LogP contribution in [-0.4, -0.2) is 120 Å². The maximum Gasteiger partial charge on any atom is 0.408 e. The number of benzene rings is 2. The number of aliphatic hydroxyl groups excluding tert-OH is 1. The molecule has 1 aliphatic heterocycles. The predicted molar refractivity (Wildman–Crippen MR) is 259 cm³/mol. The summed E-state index contributed by atoms with van der Waals surface area (Å²) in [6.45, 7) is 10.8. The maximum absolute atomic E-state index is 13.0. The maximum atomic E-state index is 13.0. The Kier molecular flexibility index (Phi) is 19.8. The molecule has 380 valence electrons. The quantitative estimate of drug-likeness (QED) is 0.0516. The molecule has 69 heavy (non-hydrogen) atoms. The van der Waals surface area contributed by atoms with E-state index >= 15 is 0 Å². The normalized spacial score (nSPS) is 22.2. The molecular formula is C51H70ClNO15Si. The van der Waals surface area contributed by atoms with E-state index in [0.29, 0.717) is 24.2 Å². The number of aliphatic carboxylic acids is 1. The van der Waals surface area contributed by atoms with Gasteiger partial charge in [-0.2, -0.15) is 0 Å². The topological polar surface area (TPSA) is 188 Å². The monoisotopic (exact) mass is 999 g/mol. The lowest BCUT2D eigenvalue weighted by molar-refractivity contribution is -0.198. The van der Waals surface area contributed by atoms with E-state index in [4.69, 9.17) is 69.8 Å². The smallest absolute Gasteiger partial charge is 0.408 e. The molecule has 1 saturated heterocycles. The lowest BCUT2D eigenvalue weighted by atomic mass is 9.88. The van der Waals surface area contributed by atoms with Gasteiger partial charge in [-0.15, -0.1) is 6.42 Å². The minimum absolute atomic E-state index is 0.000450. The molecular weight excluding hydrogens is 930 g/mol. The van der Waals surface area contributed by atoms with Crippen molar-refractivity contribution < 1.29 is 71.6 Å². The van der Waals surface area contributed by atoms with Crippen molar-refractivity contribution in [3.05, 3.63) is 64.2 Å². The first-order valence-electron chi connectivity index (χ1n) is 23.5. The number of terminal acetylenes is 1. The highest BCUT2D eigenvalue weighted by Crippen LogP contribution is 2.49. The molecule has 1 saturated carbocycles. The van der Waals surface area contributed by atoms with Gasteiger partial charge in [0, 0.05) is 39.1 Å². The number of rotatable bonds is 24. The lowest BCUT2D eigenvalue weighted by Crippen LogP contribution is -2.56. The van der Waals surface area contributed by atoms with Crippen LogP contribution in [0.4, 0.5) is 4.79 Å². The van der Waals surface area contributed by atoms with Gasteiger partial charge in [-0.3, -0.25) is 4.79 Å². The molecule has 1 spiro atoms. The SMILES string of the molecule is C#C[C@@H](Oc1c(Cl)cc([C@H](CC(=O)O)NC(=O)OC(C)(C)C)cc1OCOC)[C@@]1(O[Si](CC)(CC)CC)C[C@H](OCOC)C=C1C#C[C@@]1([C@H](CO)OCc2ccc(OC)cc2)COC2(CCCC2)O1. The number of ether oxygens (including phenoxy) is 10. The zero-order chi connectivity index (χ0) is 50.5. The fourth-order valence-electron chi connectivity index (χ4n) is 8.86. The van der Waals surface area contributed by atoms with Gasteiger partial charge in [-0.05, 0) is 93.2 Å². The third-order valence-electron chi connectivity index (χ3n) is 12.7. The van der Waals surface area contributed by atoms with Crippen LogP contribution in [0.2, 0.25) is 23.2 Å². The molecule has 1 amide bonds. The summed E-state index contributed by atoms with van der Waals surface area (Å²) in [7, 11) is 1.90. The number of hydrogen-bond donors (Lipinski definition) is 3. The van der Waals surface area contributed by atoms with Gasteiger partial charge in [0.25, 0.3) is 0 Å². The van der Waals surface area contributed by atoms with E-state index < -0.39 is 80.4 Å². The Morgan fingerprint density at radius 3 is 2.29 bits per heavy atom. The number of carbonyl (C=O) groups is 2. The summed E-state index contributed by atoms with van der Waals surface area (Å²) in [4.78, 5) is 25.1. The molecule has 16 nitrogen and oxygen atoms in total. The van der Waals surface area contributed by atoms with Crippen molar-refractivity contribution in [1.29, 1.82) is 0 Å². The van der Waals surface area contributed by atoms with Crippen LogP contribution in [0, 0.1) is 24.2 Å². The van der Waals surface area contributed by atoms with Crippen LogP contribution in [0.1, 0.15) is 97.2 Å².